The van der Waals surface area contributed by atoms with Crippen LogP contribution in [-0.4, -0.2) is 65.0 Å². The van der Waals surface area contributed by atoms with Crippen LogP contribution in [0.25, 0.3) is 23.8 Å². The number of carbonyl (C=O) groups excluding carboxylic acids is 1. The van der Waals surface area contributed by atoms with Gasteiger partial charge in [0.05, 0.1) is 29.1 Å². The number of rotatable bonds is 10. The van der Waals surface area contributed by atoms with Crippen LogP contribution in [0.15, 0.2) is 12.1 Å². The van der Waals surface area contributed by atoms with E-state index in [2.05, 4.69) is 19.9 Å². The molecule has 12 nitrogen and oxygen atoms in total. The predicted octanol–water partition coefficient (Wildman–Crippen LogP) is 0.637. The third-order valence-electron chi connectivity index (χ3n) is 8.54. The molecule has 0 saturated heterocycles. The van der Waals surface area contributed by atoms with Gasteiger partial charge in [-0.3, -0.25) is 19.2 Å². The van der Waals surface area contributed by atoms with Crippen molar-refractivity contribution >= 4 is 47.5 Å². The molecule has 5 rings (SSSR count). The highest BCUT2D eigenvalue weighted by Crippen LogP contribution is 2.23. The van der Waals surface area contributed by atoms with Crippen LogP contribution in [0.4, 0.5) is 0 Å². The van der Waals surface area contributed by atoms with Crippen molar-refractivity contribution in [2.75, 3.05) is 0 Å². The summed E-state index contributed by atoms with van der Waals surface area (Å²) in [6.07, 6.45) is 5.51. The Kier molecular flexibility index (Phi) is 8.75. The fourth-order valence-electron chi connectivity index (χ4n) is 6.08. The average Bonchev–Trinajstić information content (AvgIpc) is 3.67. The normalized spacial score (nSPS) is 13.0. The number of carboxylic acids is 3. The molecule has 0 fully saturated rings. The second-order valence-electron chi connectivity index (χ2n) is 11.8. The fraction of sp³-hybridized carbons (Fsp3) is 0.294. The van der Waals surface area contributed by atoms with Crippen molar-refractivity contribution in [2.24, 2.45) is 5.73 Å². The second kappa shape index (κ2) is 12.6. The summed E-state index contributed by atoms with van der Waals surface area (Å²) >= 11 is 0. The molecule has 0 saturated carbocycles. The highest BCUT2D eigenvalue weighted by Gasteiger charge is 2.26. The highest BCUT2D eigenvalue weighted by molar-refractivity contribution is 6.22. The van der Waals surface area contributed by atoms with Crippen molar-refractivity contribution in [1.82, 2.24) is 19.9 Å². The summed E-state index contributed by atoms with van der Waals surface area (Å²) in [4.78, 5) is 61.9. The van der Waals surface area contributed by atoms with Crippen molar-refractivity contribution in [1.29, 1.82) is 0 Å². The van der Waals surface area contributed by atoms with Gasteiger partial charge in [0.15, 0.2) is 5.78 Å². The number of aryl methyl sites for hydroxylation is 2. The van der Waals surface area contributed by atoms with Crippen LogP contribution >= 0.6 is 0 Å². The fourth-order valence-corrected chi connectivity index (χ4v) is 6.08. The second-order valence-corrected chi connectivity index (χ2v) is 11.8. The number of nitrogens with one attached hydrogen (secondary N) is 4. The molecule has 46 heavy (non-hydrogen) atoms. The largest absolute Gasteiger partial charge is 0.481 e. The van der Waals surface area contributed by atoms with Crippen molar-refractivity contribution in [2.45, 2.75) is 65.8 Å². The molecule has 240 valence electrons. The SMILES string of the molecule is Cc1cc2[nH]c1C=c1[nH]c(c(CCC(=O)O)c1C)=Cc1[nH]c(c(C)c1CCC(=O)O)C=c1cc(C)c([nH]1)=C2C(=O)[C@@H](N)CC(=O)O. The molecule has 8 bridgehead atoms. The van der Waals surface area contributed by atoms with Gasteiger partial charge >= 0.3 is 17.9 Å². The molecule has 0 amide bonds. The van der Waals surface area contributed by atoms with E-state index in [4.69, 9.17) is 5.73 Å². The van der Waals surface area contributed by atoms with Crippen LogP contribution in [0.1, 0.15) is 75.4 Å². The third-order valence-corrected chi connectivity index (χ3v) is 8.54. The van der Waals surface area contributed by atoms with Gasteiger partial charge in [-0.15, -0.1) is 0 Å². The van der Waals surface area contributed by atoms with E-state index in [1.165, 1.54) is 0 Å². The number of carboxylic acid groups (broad SMARTS) is 3. The molecule has 0 spiro atoms. The summed E-state index contributed by atoms with van der Waals surface area (Å²) in [6, 6.07) is 2.41. The number of aliphatic carboxylic acids is 3. The zero-order valence-corrected chi connectivity index (χ0v) is 26.1. The molecule has 0 aromatic carbocycles. The molecule has 1 atom stereocenters. The number of fused-ring (bicyclic) bond motifs is 8. The highest BCUT2D eigenvalue weighted by atomic mass is 16.4. The average molecular weight is 628 g/mol. The van der Waals surface area contributed by atoms with Crippen LogP contribution in [-0.2, 0) is 32.0 Å². The van der Waals surface area contributed by atoms with E-state index in [0.29, 0.717) is 33.1 Å². The van der Waals surface area contributed by atoms with Crippen LogP contribution in [0, 0.1) is 27.7 Å². The number of Topliss-reactive ketones (excluding diaryl/α,β-unsaturated/α-hetero) is 1. The first kappa shape index (κ1) is 32.0. The van der Waals surface area contributed by atoms with E-state index in [-0.39, 0.29) is 31.3 Å². The van der Waals surface area contributed by atoms with Crippen LogP contribution in [0.3, 0.4) is 0 Å². The molecule has 0 unspecified atom stereocenters. The van der Waals surface area contributed by atoms with Gasteiger partial charge < -0.3 is 41.0 Å². The van der Waals surface area contributed by atoms with Gasteiger partial charge in [0.1, 0.15) is 0 Å². The zero-order valence-electron chi connectivity index (χ0n) is 26.1. The molecule has 0 radical (unpaired) electrons. The number of H-pyrrole nitrogens is 4. The van der Waals surface area contributed by atoms with E-state index in [9.17, 15) is 34.5 Å². The molecule has 12 heteroatoms. The topological polar surface area (TPSA) is 218 Å². The minimum Gasteiger partial charge on any atom is -0.481 e. The Balaban J connectivity index is 1.88. The number of hydrogen-bond acceptors (Lipinski definition) is 5. The smallest absolute Gasteiger partial charge is 0.305 e. The Hall–Kier alpha value is -5.36. The van der Waals surface area contributed by atoms with E-state index < -0.39 is 36.2 Å². The summed E-state index contributed by atoms with van der Waals surface area (Å²) < 4.78 is 0. The quantitative estimate of drug-likeness (QED) is 0.124. The van der Waals surface area contributed by atoms with E-state index >= 15 is 0 Å². The van der Waals surface area contributed by atoms with Crippen molar-refractivity contribution in [3.63, 3.8) is 0 Å². The van der Waals surface area contributed by atoms with Crippen molar-refractivity contribution in [3.8, 4) is 0 Å². The third kappa shape index (κ3) is 6.38. The molecular weight excluding hydrogens is 590 g/mol. The van der Waals surface area contributed by atoms with Gasteiger partial charge in [-0.05, 0) is 104 Å². The van der Waals surface area contributed by atoms with Gasteiger partial charge in [-0.1, -0.05) is 0 Å². The maximum absolute atomic E-state index is 13.8. The zero-order chi connectivity index (χ0) is 33.4. The summed E-state index contributed by atoms with van der Waals surface area (Å²) in [5.41, 5.74) is 13.8. The maximum atomic E-state index is 13.8. The molecule has 4 aromatic rings. The summed E-state index contributed by atoms with van der Waals surface area (Å²) in [5.74, 6) is -3.58. The Labute approximate surface area is 263 Å². The minimum absolute atomic E-state index is 0.0787. The van der Waals surface area contributed by atoms with E-state index in [0.717, 1.165) is 44.4 Å². The van der Waals surface area contributed by atoms with Crippen molar-refractivity contribution in [3.05, 3.63) is 89.7 Å². The summed E-state index contributed by atoms with van der Waals surface area (Å²) in [7, 11) is 0. The van der Waals surface area contributed by atoms with Gasteiger partial charge in [0.25, 0.3) is 0 Å². The van der Waals surface area contributed by atoms with Gasteiger partial charge in [-0.25, -0.2) is 0 Å². The first-order valence-corrected chi connectivity index (χ1v) is 14.9. The Morgan fingerprint density at radius 1 is 0.696 bits per heavy atom. The minimum atomic E-state index is -1.28. The standard InChI is InChI=1S/C34H37N5O7/c1-15-10-28-32(34(46)22(35)12-31(44)45)33-16(2)9-19(36-33)11-24-17(3)20(5-7-29(40)41)26(38-24)14-27-21(6-8-30(42)43)18(4)25(39-27)13-23(15)37-28/h9-11,13-14,22,36-39H,5-8,12,35H2,1-4H3,(H,40,41)(H,42,43)(H,44,45)/t22-/m0/s1. The number of aromatic amines is 4. The number of ketones is 1. The Bertz CT molecular complexity index is 2160. The van der Waals surface area contributed by atoms with E-state index in [1.54, 1.807) is 0 Å². The molecule has 5 heterocycles. The lowest BCUT2D eigenvalue weighted by Crippen LogP contribution is -2.36. The lowest BCUT2D eigenvalue weighted by Gasteiger charge is -2.11. The van der Waals surface area contributed by atoms with Gasteiger partial charge in [-0.2, -0.15) is 0 Å². The molecule has 1 aliphatic heterocycles. The summed E-state index contributed by atoms with van der Waals surface area (Å²) in [6.45, 7) is 7.54. The Morgan fingerprint density at radius 3 is 2.00 bits per heavy atom. The van der Waals surface area contributed by atoms with Crippen LogP contribution in [0.2, 0.25) is 0 Å². The molecule has 1 aliphatic rings. The lowest BCUT2D eigenvalue weighted by atomic mass is 9.98. The molecule has 0 aliphatic carbocycles. The Morgan fingerprint density at radius 2 is 1.35 bits per heavy atom. The lowest BCUT2D eigenvalue weighted by molar-refractivity contribution is -0.139. The molecule has 9 N–H and O–H groups in total. The number of nitrogens with two attached hydrogens (primary N) is 1. The van der Waals surface area contributed by atoms with Gasteiger partial charge in [0, 0.05) is 46.0 Å². The predicted molar refractivity (Wildman–Crippen MR) is 171 cm³/mol. The molecule has 4 aromatic heterocycles. The molecular formula is C34H37N5O7. The van der Waals surface area contributed by atoms with Crippen molar-refractivity contribution < 1.29 is 34.5 Å². The number of carbonyl (C=O) groups is 4. The number of aromatic nitrogens is 4. The monoisotopic (exact) mass is 627 g/mol. The van der Waals surface area contributed by atoms with Gasteiger partial charge in [0.2, 0.25) is 0 Å². The first-order valence-electron chi connectivity index (χ1n) is 14.9. The first-order chi connectivity index (χ1) is 21.7. The maximum Gasteiger partial charge on any atom is 0.305 e. The van der Waals surface area contributed by atoms with E-state index in [1.807, 2.05) is 58.1 Å². The van der Waals surface area contributed by atoms with Crippen LogP contribution in [0.5, 0.6) is 0 Å². The summed E-state index contributed by atoms with van der Waals surface area (Å²) in [5, 5.41) is 30.9. The number of hydrogen-bond donors (Lipinski definition) is 8. The van der Waals surface area contributed by atoms with Crippen LogP contribution < -0.4 is 27.1 Å².